The van der Waals surface area contributed by atoms with E-state index in [0.717, 1.165) is 18.4 Å². The lowest BCUT2D eigenvalue weighted by Crippen LogP contribution is -2.35. The van der Waals surface area contributed by atoms with Gasteiger partial charge in [-0.3, -0.25) is 0 Å². The quantitative estimate of drug-likeness (QED) is 0.785. The van der Waals surface area contributed by atoms with E-state index >= 15 is 0 Å². The van der Waals surface area contributed by atoms with E-state index < -0.39 is 16.1 Å². The number of nitrogens with one attached hydrogen (secondary N) is 1. The molecule has 0 bridgehead atoms. The zero-order valence-electron chi connectivity index (χ0n) is 9.54. The molecule has 0 spiro atoms. The predicted molar refractivity (Wildman–Crippen MR) is 66.1 cm³/mol. The highest BCUT2D eigenvalue weighted by atomic mass is 32.2. The van der Waals surface area contributed by atoms with Gasteiger partial charge in [0.15, 0.2) is 0 Å². The summed E-state index contributed by atoms with van der Waals surface area (Å²) in [5.74, 6) is 0. The lowest BCUT2D eigenvalue weighted by atomic mass is 10.1. The van der Waals surface area contributed by atoms with Gasteiger partial charge in [0, 0.05) is 6.54 Å². The van der Waals surface area contributed by atoms with E-state index in [1.54, 1.807) is 0 Å². The van der Waals surface area contributed by atoms with Crippen molar-refractivity contribution in [1.82, 2.24) is 4.72 Å². The average molecular weight is 255 g/mol. The van der Waals surface area contributed by atoms with Crippen LogP contribution in [0.25, 0.3) is 0 Å². The van der Waals surface area contributed by atoms with Crippen LogP contribution in [0.1, 0.15) is 18.4 Å². The molecule has 1 unspecified atom stereocenters. The highest BCUT2D eigenvalue weighted by Gasteiger charge is 2.35. The van der Waals surface area contributed by atoms with Crippen molar-refractivity contribution in [3.8, 4) is 0 Å². The first-order valence-electron chi connectivity index (χ1n) is 5.78. The molecule has 94 valence electrons. The smallest absolute Gasteiger partial charge is 0.214 e. The summed E-state index contributed by atoms with van der Waals surface area (Å²) in [6, 6.07) is 9.54. The lowest BCUT2D eigenvalue weighted by molar-refractivity contribution is 0.179. The van der Waals surface area contributed by atoms with Gasteiger partial charge >= 0.3 is 0 Å². The highest BCUT2D eigenvalue weighted by Crippen LogP contribution is 2.27. The number of rotatable bonds is 6. The Morgan fingerprint density at radius 3 is 2.53 bits per heavy atom. The standard InChI is InChI=1S/C12H17NO3S/c14-11(8-10-4-2-1-3-5-10)9-13-17(15,16)12-6-7-12/h1-5,11-14H,6-9H2. The third-order valence-electron chi connectivity index (χ3n) is 2.80. The van der Waals surface area contributed by atoms with Crippen LogP contribution in [0.15, 0.2) is 30.3 Å². The SMILES string of the molecule is O=S(=O)(NCC(O)Cc1ccccc1)C1CC1. The largest absolute Gasteiger partial charge is 0.391 e. The van der Waals surface area contributed by atoms with E-state index in [1.807, 2.05) is 30.3 Å². The first-order valence-corrected chi connectivity index (χ1v) is 7.33. The first kappa shape index (κ1) is 12.5. The van der Waals surface area contributed by atoms with Gasteiger partial charge in [-0.2, -0.15) is 0 Å². The molecule has 0 amide bonds. The molecule has 1 fully saturated rings. The summed E-state index contributed by atoms with van der Waals surface area (Å²) in [6.45, 7) is 0.0910. The normalized spacial score (nSPS) is 17.9. The number of hydrogen-bond acceptors (Lipinski definition) is 3. The molecule has 1 aromatic carbocycles. The van der Waals surface area contributed by atoms with Crippen LogP contribution in [0, 0.1) is 0 Å². The molecular weight excluding hydrogens is 238 g/mol. The van der Waals surface area contributed by atoms with Crippen LogP contribution in [0.4, 0.5) is 0 Å². The summed E-state index contributed by atoms with van der Waals surface area (Å²) in [5.41, 5.74) is 1.01. The van der Waals surface area contributed by atoms with Crippen LogP contribution in [-0.2, 0) is 16.4 Å². The Labute approximate surface area is 102 Å². The fourth-order valence-corrected chi connectivity index (χ4v) is 3.08. The van der Waals surface area contributed by atoms with Crippen LogP contribution in [0.5, 0.6) is 0 Å². The number of hydrogen-bond donors (Lipinski definition) is 2. The van der Waals surface area contributed by atoms with Gasteiger partial charge < -0.3 is 5.11 Å². The molecule has 2 rings (SSSR count). The molecule has 0 aliphatic heterocycles. The van der Waals surface area contributed by atoms with Crippen LogP contribution in [0.2, 0.25) is 0 Å². The molecule has 1 atom stereocenters. The Hall–Kier alpha value is -0.910. The monoisotopic (exact) mass is 255 g/mol. The summed E-state index contributed by atoms with van der Waals surface area (Å²) in [6.07, 6.45) is 1.27. The number of benzene rings is 1. The second-order valence-corrected chi connectivity index (χ2v) is 6.48. The van der Waals surface area contributed by atoms with Crippen LogP contribution < -0.4 is 4.72 Å². The van der Waals surface area contributed by atoms with Gasteiger partial charge in [0.25, 0.3) is 0 Å². The van der Waals surface area contributed by atoms with Gasteiger partial charge in [-0.15, -0.1) is 0 Å². The minimum atomic E-state index is -3.18. The van der Waals surface area contributed by atoms with Crippen molar-refractivity contribution in [1.29, 1.82) is 0 Å². The van der Waals surface area contributed by atoms with E-state index in [0.29, 0.717) is 6.42 Å². The van der Waals surface area contributed by atoms with Crippen molar-refractivity contribution in [3.63, 3.8) is 0 Å². The zero-order chi connectivity index (χ0) is 12.3. The van der Waals surface area contributed by atoms with Gasteiger partial charge in [0.2, 0.25) is 10.0 Å². The molecule has 4 nitrogen and oxygen atoms in total. The van der Waals surface area contributed by atoms with Crippen molar-refractivity contribution in [2.24, 2.45) is 0 Å². The Balaban J connectivity index is 1.80. The van der Waals surface area contributed by atoms with E-state index in [2.05, 4.69) is 4.72 Å². The molecule has 0 saturated heterocycles. The fourth-order valence-electron chi connectivity index (χ4n) is 1.67. The van der Waals surface area contributed by atoms with Crippen LogP contribution in [-0.4, -0.2) is 31.4 Å². The second kappa shape index (κ2) is 5.16. The van der Waals surface area contributed by atoms with E-state index in [4.69, 9.17) is 0 Å². The summed E-state index contributed by atoms with van der Waals surface area (Å²) in [5, 5.41) is 9.51. The minimum Gasteiger partial charge on any atom is -0.391 e. The van der Waals surface area contributed by atoms with Crippen molar-refractivity contribution in [2.75, 3.05) is 6.54 Å². The molecule has 2 N–H and O–H groups in total. The van der Waals surface area contributed by atoms with Crippen LogP contribution >= 0.6 is 0 Å². The Bertz CT molecular complexity index is 454. The summed E-state index contributed by atoms with van der Waals surface area (Å²) >= 11 is 0. The summed E-state index contributed by atoms with van der Waals surface area (Å²) in [7, 11) is -3.18. The topological polar surface area (TPSA) is 66.4 Å². The minimum absolute atomic E-state index is 0.0910. The maximum atomic E-state index is 11.5. The summed E-state index contributed by atoms with van der Waals surface area (Å²) in [4.78, 5) is 0. The van der Waals surface area contributed by atoms with Gasteiger partial charge in [0.05, 0.1) is 11.4 Å². The molecule has 1 aliphatic rings. The lowest BCUT2D eigenvalue weighted by Gasteiger charge is -2.11. The number of aliphatic hydroxyl groups excluding tert-OH is 1. The van der Waals surface area contributed by atoms with Crippen LogP contribution in [0.3, 0.4) is 0 Å². The molecule has 17 heavy (non-hydrogen) atoms. The molecule has 1 saturated carbocycles. The molecule has 1 aliphatic carbocycles. The molecular formula is C12H17NO3S. The molecule has 0 radical (unpaired) electrons. The van der Waals surface area contributed by atoms with E-state index in [1.165, 1.54) is 0 Å². The zero-order valence-corrected chi connectivity index (χ0v) is 10.4. The van der Waals surface area contributed by atoms with Crippen molar-refractivity contribution in [2.45, 2.75) is 30.6 Å². The molecule has 0 heterocycles. The number of aliphatic hydroxyl groups is 1. The first-order chi connectivity index (χ1) is 8.08. The van der Waals surface area contributed by atoms with Gasteiger partial charge in [0.1, 0.15) is 0 Å². The number of sulfonamides is 1. The van der Waals surface area contributed by atoms with E-state index in [-0.39, 0.29) is 11.8 Å². The third kappa shape index (κ3) is 3.80. The van der Waals surface area contributed by atoms with E-state index in [9.17, 15) is 13.5 Å². The van der Waals surface area contributed by atoms with Gasteiger partial charge in [-0.1, -0.05) is 30.3 Å². The third-order valence-corrected chi connectivity index (χ3v) is 4.72. The van der Waals surface area contributed by atoms with Gasteiger partial charge in [-0.05, 0) is 24.8 Å². The Morgan fingerprint density at radius 2 is 1.94 bits per heavy atom. The molecule has 5 heteroatoms. The van der Waals surface area contributed by atoms with Crippen molar-refractivity contribution >= 4 is 10.0 Å². The Kier molecular flexibility index (Phi) is 3.81. The molecule has 0 aromatic heterocycles. The maximum Gasteiger partial charge on any atom is 0.214 e. The Morgan fingerprint density at radius 1 is 1.29 bits per heavy atom. The highest BCUT2D eigenvalue weighted by molar-refractivity contribution is 7.90. The fraction of sp³-hybridized carbons (Fsp3) is 0.500. The average Bonchev–Trinajstić information content (AvgIpc) is 3.12. The summed E-state index contributed by atoms with van der Waals surface area (Å²) < 4.78 is 25.5. The molecule has 1 aromatic rings. The van der Waals surface area contributed by atoms with Gasteiger partial charge in [-0.25, -0.2) is 13.1 Å². The van der Waals surface area contributed by atoms with Crippen molar-refractivity contribution in [3.05, 3.63) is 35.9 Å². The second-order valence-electron chi connectivity index (χ2n) is 4.44. The predicted octanol–water partition coefficient (Wildman–Crippen LogP) is 0.672. The van der Waals surface area contributed by atoms with Crippen molar-refractivity contribution < 1.29 is 13.5 Å². The maximum absolute atomic E-state index is 11.5.